The first kappa shape index (κ1) is 26.4. The molecule has 0 radical (unpaired) electrons. The van der Waals surface area contributed by atoms with E-state index in [0.29, 0.717) is 19.8 Å². The summed E-state index contributed by atoms with van der Waals surface area (Å²) in [6.45, 7) is 4.72. The van der Waals surface area contributed by atoms with Crippen molar-refractivity contribution in [1.82, 2.24) is 0 Å². The first-order valence-corrected chi connectivity index (χ1v) is 11.5. The highest BCUT2D eigenvalue weighted by molar-refractivity contribution is 5.27. The fourth-order valence-electron chi connectivity index (χ4n) is 3.59. The maximum Gasteiger partial charge on any atom is 0.144 e. The van der Waals surface area contributed by atoms with E-state index in [-0.39, 0.29) is 13.2 Å². The summed E-state index contributed by atoms with van der Waals surface area (Å²) in [5.74, 6) is 1.56. The molecule has 6 nitrogen and oxygen atoms in total. The van der Waals surface area contributed by atoms with Crippen LogP contribution in [0.15, 0.2) is 91.5 Å². The van der Waals surface area contributed by atoms with Crippen molar-refractivity contribution in [2.75, 3.05) is 27.4 Å². The normalized spacial score (nSPS) is 13.6. The van der Waals surface area contributed by atoms with Gasteiger partial charge in [0.05, 0.1) is 47.3 Å². The van der Waals surface area contributed by atoms with Gasteiger partial charge in [-0.1, -0.05) is 60.7 Å². The lowest BCUT2D eigenvalue weighted by Crippen LogP contribution is -2.52. The van der Waals surface area contributed by atoms with Gasteiger partial charge in [0.25, 0.3) is 0 Å². The van der Waals surface area contributed by atoms with Crippen molar-refractivity contribution in [3.63, 3.8) is 0 Å². The number of methoxy groups -OCH3 is 2. The van der Waals surface area contributed by atoms with Gasteiger partial charge in [0.2, 0.25) is 0 Å². The molecule has 3 rings (SSSR count). The molecule has 0 spiro atoms. The van der Waals surface area contributed by atoms with Crippen LogP contribution < -0.4 is 9.47 Å². The fourth-order valence-corrected chi connectivity index (χ4v) is 3.59. The molecule has 1 N–H and O–H groups in total. The number of benzene rings is 3. The molecular formula is C29H34O6. The van der Waals surface area contributed by atoms with Gasteiger partial charge >= 0.3 is 0 Å². The van der Waals surface area contributed by atoms with E-state index in [1.807, 2.05) is 78.9 Å². The summed E-state index contributed by atoms with van der Waals surface area (Å²) < 4.78 is 29.0. The molecule has 0 aromatic heterocycles. The minimum absolute atomic E-state index is 0.113. The number of hydrogen-bond acceptors (Lipinski definition) is 6. The lowest BCUT2D eigenvalue weighted by atomic mass is 9.97. The Morgan fingerprint density at radius 3 is 1.83 bits per heavy atom. The Balaban J connectivity index is 1.72. The molecule has 0 fully saturated rings. The molecule has 3 aromatic rings. The van der Waals surface area contributed by atoms with Crippen LogP contribution in [0.2, 0.25) is 0 Å². The van der Waals surface area contributed by atoms with Crippen molar-refractivity contribution in [2.24, 2.45) is 0 Å². The minimum Gasteiger partial charge on any atom is -0.497 e. The number of hydrogen-bond donors (Lipinski definition) is 1. The third kappa shape index (κ3) is 7.67. The third-order valence-corrected chi connectivity index (χ3v) is 5.73. The molecule has 6 heteroatoms. The molecule has 0 aliphatic rings. The van der Waals surface area contributed by atoms with Crippen LogP contribution in [0.3, 0.4) is 0 Å². The summed E-state index contributed by atoms with van der Waals surface area (Å²) in [4.78, 5) is 0. The highest BCUT2D eigenvalue weighted by Crippen LogP contribution is 2.25. The molecular weight excluding hydrogens is 444 g/mol. The van der Waals surface area contributed by atoms with Crippen molar-refractivity contribution >= 4 is 0 Å². The first-order valence-electron chi connectivity index (χ1n) is 11.5. The Labute approximate surface area is 207 Å². The van der Waals surface area contributed by atoms with E-state index in [1.165, 1.54) is 0 Å². The molecule has 0 amide bonds. The molecule has 0 saturated heterocycles. The van der Waals surface area contributed by atoms with Crippen LogP contribution in [0.5, 0.6) is 11.5 Å². The van der Waals surface area contributed by atoms with Crippen molar-refractivity contribution in [1.29, 1.82) is 0 Å². The monoisotopic (exact) mass is 478 g/mol. The topological polar surface area (TPSA) is 66.4 Å². The minimum atomic E-state index is -1.14. The lowest BCUT2D eigenvalue weighted by Gasteiger charge is -2.37. The second-order valence-electron chi connectivity index (χ2n) is 8.15. The van der Waals surface area contributed by atoms with Crippen molar-refractivity contribution < 1.29 is 28.8 Å². The van der Waals surface area contributed by atoms with E-state index < -0.39 is 11.7 Å². The standard InChI is InChI=1S/C29H34O6/c1-4-28(34-19-25-12-16-27(32-3)17-13-25)29(21-30,35-20-23-8-6-5-7-9-23)22-33-18-24-10-14-26(31-2)15-11-24/h4-17,28,30H,1,18-22H2,2-3H3/t28-,29+/m1/s1. The van der Waals surface area contributed by atoms with Gasteiger partial charge in [0, 0.05) is 0 Å². The summed E-state index contributed by atoms with van der Waals surface area (Å²) in [5, 5.41) is 10.5. The molecule has 0 heterocycles. The smallest absolute Gasteiger partial charge is 0.144 e. The van der Waals surface area contributed by atoms with Gasteiger partial charge in [-0.3, -0.25) is 0 Å². The Kier molecular flexibility index (Phi) is 10.3. The third-order valence-electron chi connectivity index (χ3n) is 5.73. The van der Waals surface area contributed by atoms with E-state index in [0.717, 1.165) is 28.2 Å². The van der Waals surface area contributed by atoms with E-state index in [2.05, 4.69) is 6.58 Å². The molecule has 3 aromatic carbocycles. The summed E-state index contributed by atoms with van der Waals surface area (Å²) in [7, 11) is 3.26. The molecule has 2 atom stereocenters. The van der Waals surface area contributed by atoms with Crippen LogP contribution in [0.25, 0.3) is 0 Å². The second kappa shape index (κ2) is 13.7. The number of aliphatic hydroxyl groups is 1. The zero-order valence-electron chi connectivity index (χ0n) is 20.4. The second-order valence-corrected chi connectivity index (χ2v) is 8.15. The van der Waals surface area contributed by atoms with Gasteiger partial charge in [-0.25, -0.2) is 0 Å². The molecule has 0 saturated carbocycles. The van der Waals surface area contributed by atoms with E-state index in [9.17, 15) is 5.11 Å². The predicted octanol–water partition coefficient (Wildman–Crippen LogP) is 4.94. The summed E-state index contributed by atoms with van der Waals surface area (Å²) in [6.07, 6.45) is 1.04. The average molecular weight is 479 g/mol. The predicted molar refractivity (Wildman–Crippen MR) is 135 cm³/mol. The summed E-state index contributed by atoms with van der Waals surface area (Å²) in [6, 6.07) is 25.1. The zero-order valence-corrected chi connectivity index (χ0v) is 20.4. The average Bonchev–Trinajstić information content (AvgIpc) is 2.92. The summed E-state index contributed by atoms with van der Waals surface area (Å²) >= 11 is 0. The first-order chi connectivity index (χ1) is 17.1. The highest BCUT2D eigenvalue weighted by Gasteiger charge is 2.40. The molecule has 0 unspecified atom stereocenters. The highest BCUT2D eigenvalue weighted by atomic mass is 16.6. The maximum atomic E-state index is 10.5. The van der Waals surface area contributed by atoms with Gasteiger partial charge < -0.3 is 28.8 Å². The van der Waals surface area contributed by atoms with Crippen molar-refractivity contribution in [3.05, 3.63) is 108 Å². The largest absolute Gasteiger partial charge is 0.497 e. The Bertz CT molecular complexity index is 1000. The molecule has 186 valence electrons. The van der Waals surface area contributed by atoms with Crippen LogP contribution in [0, 0.1) is 0 Å². The molecule has 0 aliphatic carbocycles. The number of ether oxygens (including phenoxy) is 5. The molecule has 0 aliphatic heterocycles. The Morgan fingerprint density at radius 2 is 1.31 bits per heavy atom. The lowest BCUT2D eigenvalue weighted by molar-refractivity contribution is -0.190. The van der Waals surface area contributed by atoms with Crippen LogP contribution in [-0.4, -0.2) is 44.2 Å². The van der Waals surface area contributed by atoms with Gasteiger partial charge in [-0.15, -0.1) is 6.58 Å². The van der Waals surface area contributed by atoms with E-state index in [4.69, 9.17) is 23.7 Å². The quantitative estimate of drug-likeness (QED) is 0.312. The fraction of sp³-hybridized carbons (Fsp3) is 0.310. The Hall–Kier alpha value is -3.16. The van der Waals surface area contributed by atoms with Crippen molar-refractivity contribution in [3.8, 4) is 11.5 Å². The van der Waals surface area contributed by atoms with Gasteiger partial charge in [-0.05, 0) is 41.0 Å². The summed E-state index contributed by atoms with van der Waals surface area (Å²) in [5.41, 5.74) is 1.79. The van der Waals surface area contributed by atoms with Crippen LogP contribution >= 0.6 is 0 Å². The van der Waals surface area contributed by atoms with Gasteiger partial charge in [-0.2, -0.15) is 0 Å². The Morgan fingerprint density at radius 1 is 0.771 bits per heavy atom. The molecule has 35 heavy (non-hydrogen) atoms. The van der Waals surface area contributed by atoms with Crippen LogP contribution in [0.1, 0.15) is 16.7 Å². The van der Waals surface area contributed by atoms with E-state index in [1.54, 1.807) is 20.3 Å². The molecule has 0 bridgehead atoms. The van der Waals surface area contributed by atoms with Crippen molar-refractivity contribution in [2.45, 2.75) is 31.5 Å². The van der Waals surface area contributed by atoms with Crippen LogP contribution in [0.4, 0.5) is 0 Å². The van der Waals surface area contributed by atoms with Crippen LogP contribution in [-0.2, 0) is 34.0 Å². The SMILES string of the molecule is C=C[C@@H](OCc1ccc(OC)cc1)[C@](CO)(COCc1ccc(OC)cc1)OCc1ccccc1. The zero-order chi connectivity index (χ0) is 24.9. The number of aliphatic hydroxyl groups excluding tert-OH is 1. The van der Waals surface area contributed by atoms with Gasteiger partial charge in [0.1, 0.15) is 23.2 Å². The van der Waals surface area contributed by atoms with Gasteiger partial charge in [0.15, 0.2) is 0 Å². The maximum absolute atomic E-state index is 10.5. The van der Waals surface area contributed by atoms with E-state index >= 15 is 0 Å². The number of rotatable bonds is 15.